The molecule has 108 valence electrons. The molecule has 0 spiro atoms. The highest BCUT2D eigenvalue weighted by molar-refractivity contribution is 5.27. The van der Waals surface area contributed by atoms with Crippen LogP contribution >= 0.6 is 0 Å². The van der Waals surface area contributed by atoms with E-state index in [4.69, 9.17) is 9.47 Å². The average Bonchev–Trinajstić information content (AvgIpc) is 2.38. The molecule has 1 aromatic rings. The Hall–Kier alpha value is -1.10. The molecule has 0 aliphatic rings. The van der Waals surface area contributed by atoms with Gasteiger partial charge in [0.1, 0.15) is 5.75 Å². The van der Waals surface area contributed by atoms with Gasteiger partial charge in [-0.3, -0.25) is 0 Å². The molecule has 4 nitrogen and oxygen atoms in total. The number of aliphatic hydroxyl groups excluding tert-OH is 1. The zero-order valence-corrected chi connectivity index (χ0v) is 12.1. The summed E-state index contributed by atoms with van der Waals surface area (Å²) in [7, 11) is 1.64. The lowest BCUT2D eigenvalue weighted by molar-refractivity contribution is 0.0286. The van der Waals surface area contributed by atoms with Crippen LogP contribution in [0.5, 0.6) is 5.75 Å². The van der Waals surface area contributed by atoms with Crippen LogP contribution in [0.2, 0.25) is 0 Å². The molecular formula is C15H25NO3. The average molecular weight is 267 g/mol. The van der Waals surface area contributed by atoms with Crippen LogP contribution in [0.4, 0.5) is 0 Å². The lowest BCUT2D eigenvalue weighted by Gasteiger charge is -2.13. The fraction of sp³-hybridized carbons (Fsp3) is 0.600. The number of methoxy groups -OCH3 is 1. The summed E-state index contributed by atoms with van der Waals surface area (Å²) in [5, 5.41) is 12.9. The predicted molar refractivity (Wildman–Crippen MR) is 76.4 cm³/mol. The molecule has 0 saturated heterocycles. The Bertz CT molecular complexity index is 355. The van der Waals surface area contributed by atoms with Crippen LogP contribution in [-0.2, 0) is 11.3 Å². The second-order valence-corrected chi connectivity index (χ2v) is 5.07. The van der Waals surface area contributed by atoms with Crippen molar-refractivity contribution in [3.05, 3.63) is 29.8 Å². The molecule has 0 amide bonds. The minimum absolute atomic E-state index is 0.336. The fourth-order valence-electron chi connectivity index (χ4n) is 1.67. The Morgan fingerprint density at radius 2 is 2.05 bits per heavy atom. The zero-order chi connectivity index (χ0) is 14.1. The number of benzene rings is 1. The summed E-state index contributed by atoms with van der Waals surface area (Å²) in [6.07, 6.45) is -0.468. The van der Waals surface area contributed by atoms with Crippen LogP contribution in [0.3, 0.4) is 0 Å². The van der Waals surface area contributed by atoms with Crippen molar-refractivity contribution < 1.29 is 14.6 Å². The molecule has 0 saturated carbocycles. The second-order valence-electron chi connectivity index (χ2n) is 5.07. The van der Waals surface area contributed by atoms with Gasteiger partial charge in [-0.05, 0) is 30.2 Å². The Morgan fingerprint density at radius 1 is 1.26 bits per heavy atom. The van der Waals surface area contributed by atoms with Crippen molar-refractivity contribution in [1.82, 2.24) is 5.32 Å². The minimum atomic E-state index is -0.468. The predicted octanol–water partition coefficient (Wildman–Crippen LogP) is 1.82. The van der Waals surface area contributed by atoms with Crippen molar-refractivity contribution in [2.24, 2.45) is 5.92 Å². The van der Waals surface area contributed by atoms with E-state index in [2.05, 4.69) is 19.2 Å². The van der Waals surface area contributed by atoms with Gasteiger partial charge in [-0.25, -0.2) is 0 Å². The first-order valence-corrected chi connectivity index (χ1v) is 6.71. The van der Waals surface area contributed by atoms with Crippen LogP contribution in [0.25, 0.3) is 0 Å². The van der Waals surface area contributed by atoms with E-state index in [1.807, 2.05) is 24.3 Å². The largest absolute Gasteiger partial charge is 0.497 e. The summed E-state index contributed by atoms with van der Waals surface area (Å²) in [5.74, 6) is 1.41. The first-order chi connectivity index (χ1) is 9.11. The van der Waals surface area contributed by atoms with E-state index in [0.29, 0.717) is 25.7 Å². The van der Waals surface area contributed by atoms with Gasteiger partial charge in [0.05, 0.1) is 26.4 Å². The SMILES string of the molecule is COc1cccc(COC[C@H](O)CNCC(C)C)c1. The molecule has 0 aliphatic carbocycles. The van der Waals surface area contributed by atoms with Gasteiger partial charge < -0.3 is 19.9 Å². The van der Waals surface area contributed by atoms with Crippen molar-refractivity contribution in [3.63, 3.8) is 0 Å². The number of hydrogen-bond donors (Lipinski definition) is 2. The van der Waals surface area contributed by atoms with Gasteiger partial charge in [0.25, 0.3) is 0 Å². The molecule has 0 unspecified atom stereocenters. The molecule has 1 rings (SSSR count). The van der Waals surface area contributed by atoms with E-state index in [1.54, 1.807) is 7.11 Å². The summed E-state index contributed by atoms with van der Waals surface area (Å²) < 4.78 is 10.6. The number of hydrogen-bond acceptors (Lipinski definition) is 4. The van der Waals surface area contributed by atoms with Crippen molar-refractivity contribution in [3.8, 4) is 5.75 Å². The molecule has 0 fully saturated rings. The number of ether oxygens (including phenoxy) is 2. The first-order valence-electron chi connectivity index (χ1n) is 6.71. The summed E-state index contributed by atoms with van der Waals surface area (Å²) >= 11 is 0. The lowest BCUT2D eigenvalue weighted by atomic mass is 10.2. The van der Waals surface area contributed by atoms with E-state index >= 15 is 0 Å². The summed E-state index contributed by atoms with van der Waals surface area (Å²) in [5.41, 5.74) is 1.04. The zero-order valence-electron chi connectivity index (χ0n) is 12.1. The van der Waals surface area contributed by atoms with Crippen molar-refractivity contribution in [2.75, 3.05) is 26.8 Å². The maximum Gasteiger partial charge on any atom is 0.119 e. The van der Waals surface area contributed by atoms with Gasteiger partial charge in [-0.2, -0.15) is 0 Å². The quantitative estimate of drug-likeness (QED) is 0.716. The van der Waals surface area contributed by atoms with Gasteiger partial charge in [0.2, 0.25) is 0 Å². The third kappa shape index (κ3) is 7.15. The van der Waals surface area contributed by atoms with Gasteiger partial charge in [-0.1, -0.05) is 26.0 Å². The molecule has 0 heterocycles. The molecule has 0 radical (unpaired) electrons. The van der Waals surface area contributed by atoms with E-state index in [-0.39, 0.29) is 0 Å². The number of rotatable bonds is 9. The Morgan fingerprint density at radius 3 is 2.74 bits per heavy atom. The molecular weight excluding hydrogens is 242 g/mol. The van der Waals surface area contributed by atoms with Gasteiger partial charge in [-0.15, -0.1) is 0 Å². The standard InChI is InChI=1S/C15H25NO3/c1-12(2)8-16-9-14(17)11-19-10-13-5-4-6-15(7-13)18-3/h4-7,12,14,16-17H,8-11H2,1-3H3/t14-/m1/s1. The maximum atomic E-state index is 9.73. The minimum Gasteiger partial charge on any atom is -0.497 e. The van der Waals surface area contributed by atoms with Crippen LogP contribution in [0, 0.1) is 5.92 Å². The maximum absolute atomic E-state index is 9.73. The topological polar surface area (TPSA) is 50.7 Å². The molecule has 1 aromatic carbocycles. The third-order valence-corrected chi connectivity index (χ3v) is 2.65. The van der Waals surface area contributed by atoms with Gasteiger partial charge >= 0.3 is 0 Å². The van der Waals surface area contributed by atoms with Crippen LogP contribution < -0.4 is 10.1 Å². The van der Waals surface area contributed by atoms with Crippen LogP contribution in [0.15, 0.2) is 24.3 Å². The first kappa shape index (κ1) is 16.0. The number of aliphatic hydroxyl groups is 1. The van der Waals surface area contributed by atoms with Crippen LogP contribution in [0.1, 0.15) is 19.4 Å². The Balaban J connectivity index is 2.18. The van der Waals surface area contributed by atoms with E-state index in [0.717, 1.165) is 17.9 Å². The Kier molecular flexibility index (Phi) is 7.48. The van der Waals surface area contributed by atoms with Crippen molar-refractivity contribution in [1.29, 1.82) is 0 Å². The molecule has 2 N–H and O–H groups in total. The molecule has 19 heavy (non-hydrogen) atoms. The van der Waals surface area contributed by atoms with E-state index in [1.165, 1.54) is 0 Å². The smallest absolute Gasteiger partial charge is 0.119 e. The Labute approximate surface area is 115 Å². The highest BCUT2D eigenvalue weighted by Gasteiger charge is 2.05. The summed E-state index contributed by atoms with van der Waals surface area (Å²) in [6.45, 7) is 6.57. The monoisotopic (exact) mass is 267 g/mol. The van der Waals surface area contributed by atoms with Gasteiger partial charge in [0, 0.05) is 6.54 Å². The summed E-state index contributed by atoms with van der Waals surface area (Å²) in [6, 6.07) is 7.74. The highest BCUT2D eigenvalue weighted by Crippen LogP contribution is 2.13. The second kappa shape index (κ2) is 8.91. The molecule has 4 heteroatoms. The fourth-order valence-corrected chi connectivity index (χ4v) is 1.67. The van der Waals surface area contributed by atoms with Gasteiger partial charge in [0.15, 0.2) is 0 Å². The molecule has 0 bridgehead atoms. The van der Waals surface area contributed by atoms with E-state index < -0.39 is 6.10 Å². The molecule has 0 aromatic heterocycles. The lowest BCUT2D eigenvalue weighted by Crippen LogP contribution is -2.32. The number of nitrogens with one attached hydrogen (secondary N) is 1. The van der Waals surface area contributed by atoms with Crippen molar-refractivity contribution in [2.45, 2.75) is 26.6 Å². The summed E-state index contributed by atoms with van der Waals surface area (Å²) in [4.78, 5) is 0. The highest BCUT2D eigenvalue weighted by atomic mass is 16.5. The normalized spacial score (nSPS) is 12.7. The third-order valence-electron chi connectivity index (χ3n) is 2.65. The van der Waals surface area contributed by atoms with Crippen LogP contribution in [-0.4, -0.2) is 38.0 Å². The molecule has 1 atom stereocenters. The molecule has 0 aliphatic heterocycles. The van der Waals surface area contributed by atoms with Crippen molar-refractivity contribution >= 4 is 0 Å². The van der Waals surface area contributed by atoms with E-state index in [9.17, 15) is 5.11 Å².